The molecular weight excluding hydrogens is 332 g/mol. The number of nitrogens with zero attached hydrogens (tertiary/aromatic N) is 1. The summed E-state index contributed by atoms with van der Waals surface area (Å²) in [4.78, 5) is 38.4. The van der Waals surface area contributed by atoms with Crippen molar-refractivity contribution in [3.05, 3.63) is 35.4 Å². The lowest BCUT2D eigenvalue weighted by Crippen LogP contribution is -2.42. The van der Waals surface area contributed by atoms with E-state index >= 15 is 0 Å². The highest BCUT2D eigenvalue weighted by Crippen LogP contribution is 2.29. The molecule has 1 saturated heterocycles. The van der Waals surface area contributed by atoms with E-state index in [0.29, 0.717) is 5.56 Å². The zero-order chi connectivity index (χ0) is 18.7. The van der Waals surface area contributed by atoms with Crippen LogP contribution in [0, 0.1) is 6.92 Å². The summed E-state index contributed by atoms with van der Waals surface area (Å²) in [6.07, 6.45) is 6.03. The van der Waals surface area contributed by atoms with Crippen molar-refractivity contribution in [1.29, 1.82) is 0 Å². The van der Waals surface area contributed by atoms with Crippen molar-refractivity contribution in [2.45, 2.75) is 64.0 Å². The van der Waals surface area contributed by atoms with E-state index in [1.54, 1.807) is 6.92 Å². The first kappa shape index (κ1) is 18.4. The Morgan fingerprint density at radius 1 is 1.15 bits per heavy atom. The standard InChI is InChI=1S/C20H26N2O4/c1-14-9-11-15(12-10-14)20(2)18(24)22(19(25)21-20)13-17(23)26-16-7-5-3-4-6-8-16/h9-12,16H,3-8,13H2,1-2H3,(H,21,25). The second kappa shape index (κ2) is 7.48. The van der Waals surface area contributed by atoms with E-state index in [1.807, 2.05) is 31.2 Å². The number of urea groups is 1. The Labute approximate surface area is 153 Å². The summed E-state index contributed by atoms with van der Waals surface area (Å²) >= 11 is 0. The van der Waals surface area contributed by atoms with Gasteiger partial charge in [0.1, 0.15) is 18.2 Å². The molecule has 6 heteroatoms. The Hall–Kier alpha value is -2.37. The van der Waals surface area contributed by atoms with Gasteiger partial charge in [-0.1, -0.05) is 42.7 Å². The number of carbonyl (C=O) groups is 3. The fourth-order valence-corrected chi connectivity index (χ4v) is 3.64. The first-order valence-electron chi connectivity index (χ1n) is 9.31. The van der Waals surface area contributed by atoms with Gasteiger partial charge in [-0.25, -0.2) is 4.79 Å². The largest absolute Gasteiger partial charge is 0.461 e. The molecule has 1 unspecified atom stereocenters. The summed E-state index contributed by atoms with van der Waals surface area (Å²) in [6, 6.07) is 6.86. The van der Waals surface area contributed by atoms with Gasteiger partial charge in [-0.05, 0) is 45.1 Å². The molecule has 3 amide bonds. The number of benzene rings is 1. The van der Waals surface area contributed by atoms with Gasteiger partial charge in [0.2, 0.25) is 0 Å². The molecule has 2 fully saturated rings. The van der Waals surface area contributed by atoms with Crippen LogP contribution >= 0.6 is 0 Å². The maximum absolute atomic E-state index is 12.8. The van der Waals surface area contributed by atoms with Crippen molar-refractivity contribution in [3.8, 4) is 0 Å². The first-order valence-corrected chi connectivity index (χ1v) is 9.31. The summed E-state index contributed by atoms with van der Waals surface area (Å²) in [5.74, 6) is -0.947. The van der Waals surface area contributed by atoms with Gasteiger partial charge in [0.15, 0.2) is 0 Å². The number of nitrogens with one attached hydrogen (secondary N) is 1. The molecule has 1 atom stereocenters. The van der Waals surface area contributed by atoms with Gasteiger partial charge in [0.25, 0.3) is 5.91 Å². The van der Waals surface area contributed by atoms with E-state index in [0.717, 1.165) is 49.0 Å². The van der Waals surface area contributed by atoms with Crippen LogP contribution in [-0.4, -0.2) is 35.5 Å². The zero-order valence-corrected chi connectivity index (χ0v) is 15.4. The van der Waals surface area contributed by atoms with Gasteiger partial charge in [-0.3, -0.25) is 14.5 Å². The molecule has 6 nitrogen and oxygen atoms in total. The van der Waals surface area contributed by atoms with Crippen molar-refractivity contribution >= 4 is 17.9 Å². The summed E-state index contributed by atoms with van der Waals surface area (Å²) in [5.41, 5.74) is 0.604. The fourth-order valence-electron chi connectivity index (χ4n) is 3.64. The average Bonchev–Trinajstić information content (AvgIpc) is 2.79. The van der Waals surface area contributed by atoms with Crippen molar-refractivity contribution in [2.24, 2.45) is 0 Å². The first-order chi connectivity index (χ1) is 12.4. The van der Waals surface area contributed by atoms with Crippen LogP contribution in [0.3, 0.4) is 0 Å². The lowest BCUT2D eigenvalue weighted by molar-refractivity contribution is -0.152. The SMILES string of the molecule is Cc1ccc(C2(C)NC(=O)N(CC(=O)OC3CCCCCC3)C2=O)cc1. The summed E-state index contributed by atoms with van der Waals surface area (Å²) in [7, 11) is 0. The molecule has 0 aromatic heterocycles. The van der Waals surface area contributed by atoms with Crippen LogP contribution in [0.4, 0.5) is 4.79 Å². The van der Waals surface area contributed by atoms with Crippen LogP contribution in [-0.2, 0) is 19.9 Å². The summed E-state index contributed by atoms with van der Waals surface area (Å²) < 4.78 is 5.51. The van der Waals surface area contributed by atoms with Gasteiger partial charge in [0, 0.05) is 0 Å². The van der Waals surface area contributed by atoms with Gasteiger partial charge in [0.05, 0.1) is 0 Å². The molecule has 1 aromatic rings. The Bertz CT molecular complexity index is 692. The molecule has 0 radical (unpaired) electrons. The van der Waals surface area contributed by atoms with Gasteiger partial charge < -0.3 is 10.1 Å². The molecule has 0 bridgehead atoms. The van der Waals surface area contributed by atoms with E-state index in [9.17, 15) is 14.4 Å². The number of ether oxygens (including phenoxy) is 1. The number of amides is 3. The topological polar surface area (TPSA) is 75.7 Å². The number of hydrogen-bond donors (Lipinski definition) is 1. The average molecular weight is 358 g/mol. The lowest BCUT2D eigenvalue weighted by Gasteiger charge is -2.22. The van der Waals surface area contributed by atoms with Crippen LogP contribution in [0.1, 0.15) is 56.6 Å². The summed E-state index contributed by atoms with van der Waals surface area (Å²) in [5, 5.41) is 2.71. The van der Waals surface area contributed by atoms with E-state index in [1.165, 1.54) is 0 Å². The molecular formula is C20H26N2O4. The molecule has 1 N–H and O–H groups in total. The Kier molecular flexibility index (Phi) is 5.30. The van der Waals surface area contributed by atoms with Gasteiger partial charge in [-0.15, -0.1) is 0 Å². The normalized spacial score (nSPS) is 24.3. The van der Waals surface area contributed by atoms with Crippen molar-refractivity contribution < 1.29 is 19.1 Å². The number of carbonyl (C=O) groups excluding carboxylic acids is 3. The van der Waals surface area contributed by atoms with Crippen LogP contribution in [0.15, 0.2) is 24.3 Å². The predicted octanol–water partition coefficient (Wildman–Crippen LogP) is 3.03. The monoisotopic (exact) mass is 358 g/mol. The molecule has 1 aliphatic carbocycles. The highest BCUT2D eigenvalue weighted by molar-refractivity contribution is 6.08. The third-order valence-corrected chi connectivity index (χ3v) is 5.29. The predicted molar refractivity (Wildman–Crippen MR) is 96.4 cm³/mol. The maximum atomic E-state index is 12.8. The minimum atomic E-state index is -1.16. The molecule has 1 heterocycles. The van der Waals surface area contributed by atoms with Gasteiger partial charge >= 0.3 is 12.0 Å². The Morgan fingerprint density at radius 2 is 1.77 bits per heavy atom. The number of aryl methyl sites for hydroxylation is 1. The third-order valence-electron chi connectivity index (χ3n) is 5.29. The highest BCUT2D eigenvalue weighted by Gasteiger charge is 2.49. The van der Waals surface area contributed by atoms with Crippen LogP contribution < -0.4 is 5.32 Å². The number of hydrogen-bond acceptors (Lipinski definition) is 4. The Morgan fingerprint density at radius 3 is 2.38 bits per heavy atom. The molecule has 26 heavy (non-hydrogen) atoms. The minimum absolute atomic E-state index is 0.103. The number of rotatable bonds is 4. The molecule has 140 valence electrons. The fraction of sp³-hybridized carbons (Fsp3) is 0.550. The quantitative estimate of drug-likeness (QED) is 0.510. The number of esters is 1. The molecule has 3 rings (SSSR count). The zero-order valence-electron chi connectivity index (χ0n) is 15.4. The van der Waals surface area contributed by atoms with E-state index < -0.39 is 23.4 Å². The third kappa shape index (κ3) is 3.74. The van der Waals surface area contributed by atoms with E-state index in [2.05, 4.69) is 5.32 Å². The van der Waals surface area contributed by atoms with Crippen molar-refractivity contribution in [3.63, 3.8) is 0 Å². The highest BCUT2D eigenvalue weighted by atomic mass is 16.5. The smallest absolute Gasteiger partial charge is 0.326 e. The van der Waals surface area contributed by atoms with Crippen LogP contribution in [0.25, 0.3) is 0 Å². The summed E-state index contributed by atoms with van der Waals surface area (Å²) in [6.45, 7) is 3.27. The van der Waals surface area contributed by atoms with E-state index in [4.69, 9.17) is 4.74 Å². The molecule has 1 saturated carbocycles. The van der Waals surface area contributed by atoms with Crippen molar-refractivity contribution in [2.75, 3.05) is 6.54 Å². The maximum Gasteiger partial charge on any atom is 0.326 e. The minimum Gasteiger partial charge on any atom is -0.461 e. The van der Waals surface area contributed by atoms with Crippen molar-refractivity contribution in [1.82, 2.24) is 10.2 Å². The molecule has 0 spiro atoms. The van der Waals surface area contributed by atoms with E-state index in [-0.39, 0.29) is 12.6 Å². The number of imide groups is 1. The second-order valence-electron chi connectivity index (χ2n) is 7.42. The molecule has 2 aliphatic rings. The second-order valence-corrected chi connectivity index (χ2v) is 7.42. The lowest BCUT2D eigenvalue weighted by atomic mass is 9.91. The van der Waals surface area contributed by atoms with Crippen LogP contribution in [0.2, 0.25) is 0 Å². The van der Waals surface area contributed by atoms with Gasteiger partial charge in [-0.2, -0.15) is 0 Å². The molecule has 1 aliphatic heterocycles. The van der Waals surface area contributed by atoms with Crippen LogP contribution in [0.5, 0.6) is 0 Å². The molecule has 1 aromatic carbocycles. The Balaban J connectivity index is 1.66.